The SMILES string of the molecule is CCN1CCCC(CN)C1c1cc(C)sc1C. The Bertz CT molecular complexity index is 360. The molecule has 2 rings (SSSR count). The third-order valence-electron chi connectivity index (χ3n) is 3.97. The highest BCUT2D eigenvalue weighted by Crippen LogP contribution is 2.39. The van der Waals surface area contributed by atoms with Gasteiger partial charge < -0.3 is 5.73 Å². The van der Waals surface area contributed by atoms with Crippen molar-refractivity contribution in [1.82, 2.24) is 4.90 Å². The second-order valence-electron chi connectivity index (χ2n) is 5.08. The monoisotopic (exact) mass is 252 g/mol. The third-order valence-corrected chi connectivity index (χ3v) is 4.95. The number of hydrogen-bond acceptors (Lipinski definition) is 3. The predicted molar refractivity (Wildman–Crippen MR) is 75.6 cm³/mol. The summed E-state index contributed by atoms with van der Waals surface area (Å²) in [5, 5.41) is 0. The number of nitrogens with zero attached hydrogens (tertiary/aromatic N) is 1. The second-order valence-corrected chi connectivity index (χ2v) is 6.54. The van der Waals surface area contributed by atoms with Crippen molar-refractivity contribution >= 4 is 11.3 Å². The molecule has 1 aromatic heterocycles. The van der Waals surface area contributed by atoms with Gasteiger partial charge in [-0.15, -0.1) is 11.3 Å². The van der Waals surface area contributed by atoms with Crippen molar-refractivity contribution in [3.63, 3.8) is 0 Å². The summed E-state index contributed by atoms with van der Waals surface area (Å²) in [5.74, 6) is 0.636. The topological polar surface area (TPSA) is 29.3 Å². The van der Waals surface area contributed by atoms with Gasteiger partial charge in [-0.25, -0.2) is 0 Å². The van der Waals surface area contributed by atoms with E-state index in [0.717, 1.165) is 13.1 Å². The van der Waals surface area contributed by atoms with Gasteiger partial charge >= 0.3 is 0 Å². The van der Waals surface area contributed by atoms with Crippen LogP contribution in [-0.4, -0.2) is 24.5 Å². The first-order valence-electron chi connectivity index (χ1n) is 6.68. The van der Waals surface area contributed by atoms with Gasteiger partial charge in [-0.1, -0.05) is 6.92 Å². The molecule has 17 heavy (non-hydrogen) atoms. The van der Waals surface area contributed by atoms with Crippen LogP contribution in [0.3, 0.4) is 0 Å². The Kier molecular flexibility index (Phi) is 4.23. The molecule has 3 heteroatoms. The van der Waals surface area contributed by atoms with E-state index >= 15 is 0 Å². The van der Waals surface area contributed by atoms with E-state index in [2.05, 4.69) is 31.7 Å². The van der Waals surface area contributed by atoms with E-state index in [1.807, 2.05) is 11.3 Å². The zero-order chi connectivity index (χ0) is 12.4. The van der Waals surface area contributed by atoms with Crippen molar-refractivity contribution in [2.75, 3.05) is 19.6 Å². The molecule has 1 aliphatic heterocycles. The van der Waals surface area contributed by atoms with Crippen LogP contribution < -0.4 is 5.73 Å². The summed E-state index contributed by atoms with van der Waals surface area (Å²) in [4.78, 5) is 5.51. The van der Waals surface area contributed by atoms with Gasteiger partial charge in [-0.05, 0) is 63.9 Å². The summed E-state index contributed by atoms with van der Waals surface area (Å²) >= 11 is 1.92. The van der Waals surface area contributed by atoms with Crippen LogP contribution in [0.25, 0.3) is 0 Å². The van der Waals surface area contributed by atoms with Gasteiger partial charge in [0.05, 0.1) is 0 Å². The Morgan fingerprint density at radius 3 is 2.76 bits per heavy atom. The molecule has 1 fully saturated rings. The van der Waals surface area contributed by atoms with E-state index in [4.69, 9.17) is 5.73 Å². The Hall–Kier alpha value is -0.380. The van der Waals surface area contributed by atoms with Gasteiger partial charge in [-0.3, -0.25) is 4.90 Å². The molecule has 0 aliphatic carbocycles. The van der Waals surface area contributed by atoms with Crippen molar-refractivity contribution in [2.24, 2.45) is 11.7 Å². The first-order valence-corrected chi connectivity index (χ1v) is 7.50. The Labute approximate surface area is 109 Å². The zero-order valence-electron chi connectivity index (χ0n) is 11.2. The molecule has 2 nitrogen and oxygen atoms in total. The maximum atomic E-state index is 5.98. The fourth-order valence-corrected chi connectivity index (χ4v) is 4.11. The normalized spacial score (nSPS) is 26.4. The summed E-state index contributed by atoms with van der Waals surface area (Å²) in [6.07, 6.45) is 2.58. The number of hydrogen-bond donors (Lipinski definition) is 1. The van der Waals surface area contributed by atoms with Crippen LogP contribution in [0, 0.1) is 19.8 Å². The minimum atomic E-state index is 0.559. The fraction of sp³-hybridized carbons (Fsp3) is 0.714. The minimum absolute atomic E-state index is 0.559. The quantitative estimate of drug-likeness (QED) is 0.895. The molecule has 2 atom stereocenters. The third kappa shape index (κ3) is 2.56. The molecule has 0 amide bonds. The predicted octanol–water partition coefficient (Wildman–Crippen LogP) is 3.10. The van der Waals surface area contributed by atoms with Crippen LogP contribution in [0.15, 0.2) is 6.07 Å². The lowest BCUT2D eigenvalue weighted by Gasteiger charge is -2.40. The molecule has 1 saturated heterocycles. The van der Waals surface area contributed by atoms with E-state index < -0.39 is 0 Å². The molecule has 2 heterocycles. The van der Waals surface area contributed by atoms with E-state index in [1.54, 1.807) is 0 Å². The van der Waals surface area contributed by atoms with Crippen molar-refractivity contribution < 1.29 is 0 Å². The van der Waals surface area contributed by atoms with E-state index in [9.17, 15) is 0 Å². The molecule has 1 aromatic rings. The zero-order valence-corrected chi connectivity index (χ0v) is 12.0. The highest BCUT2D eigenvalue weighted by atomic mass is 32.1. The molecule has 2 N–H and O–H groups in total. The smallest absolute Gasteiger partial charge is 0.0399 e. The van der Waals surface area contributed by atoms with Crippen LogP contribution in [-0.2, 0) is 0 Å². The lowest BCUT2D eigenvalue weighted by molar-refractivity contribution is 0.102. The highest BCUT2D eigenvalue weighted by Gasteiger charge is 2.32. The van der Waals surface area contributed by atoms with Gasteiger partial charge in [-0.2, -0.15) is 0 Å². The molecular formula is C14H24N2S. The summed E-state index contributed by atoms with van der Waals surface area (Å²) in [6.45, 7) is 9.90. The minimum Gasteiger partial charge on any atom is -0.330 e. The number of nitrogens with two attached hydrogens (primary N) is 1. The van der Waals surface area contributed by atoms with Crippen LogP contribution in [0.2, 0.25) is 0 Å². The fourth-order valence-electron chi connectivity index (χ4n) is 3.15. The van der Waals surface area contributed by atoms with Crippen LogP contribution >= 0.6 is 11.3 Å². The molecular weight excluding hydrogens is 228 g/mol. The summed E-state index contributed by atoms with van der Waals surface area (Å²) in [6, 6.07) is 2.94. The number of rotatable bonds is 3. The van der Waals surface area contributed by atoms with Crippen LogP contribution in [0.4, 0.5) is 0 Å². The van der Waals surface area contributed by atoms with Gasteiger partial charge in [0.1, 0.15) is 0 Å². The molecule has 0 spiro atoms. The Morgan fingerprint density at radius 1 is 1.47 bits per heavy atom. The Morgan fingerprint density at radius 2 is 2.24 bits per heavy atom. The van der Waals surface area contributed by atoms with Crippen LogP contribution in [0.1, 0.15) is 41.1 Å². The lowest BCUT2D eigenvalue weighted by atomic mass is 9.85. The number of likely N-dealkylation sites (tertiary alicyclic amines) is 1. The molecule has 2 unspecified atom stereocenters. The molecule has 0 bridgehead atoms. The van der Waals surface area contributed by atoms with Gasteiger partial charge in [0.2, 0.25) is 0 Å². The molecule has 96 valence electrons. The van der Waals surface area contributed by atoms with Gasteiger partial charge in [0, 0.05) is 15.8 Å². The van der Waals surface area contributed by atoms with Gasteiger partial charge in [0.25, 0.3) is 0 Å². The first-order chi connectivity index (χ1) is 8.17. The average molecular weight is 252 g/mol. The maximum absolute atomic E-state index is 5.98. The molecule has 0 aromatic carbocycles. The van der Waals surface area contributed by atoms with Crippen molar-refractivity contribution in [3.8, 4) is 0 Å². The summed E-state index contributed by atoms with van der Waals surface area (Å²) in [7, 11) is 0. The summed E-state index contributed by atoms with van der Waals surface area (Å²) < 4.78 is 0. The maximum Gasteiger partial charge on any atom is 0.0399 e. The molecule has 0 saturated carbocycles. The van der Waals surface area contributed by atoms with E-state index in [-0.39, 0.29) is 0 Å². The number of thiophene rings is 1. The van der Waals surface area contributed by atoms with Crippen molar-refractivity contribution in [3.05, 3.63) is 21.4 Å². The standard InChI is InChI=1S/C14H24N2S/c1-4-16-7-5-6-12(9-15)14(16)13-8-10(2)17-11(13)3/h8,12,14H,4-7,9,15H2,1-3H3. The summed E-state index contributed by atoms with van der Waals surface area (Å²) in [5.41, 5.74) is 7.51. The first kappa shape index (κ1) is 13.1. The average Bonchev–Trinajstić information content (AvgIpc) is 2.67. The number of aryl methyl sites for hydroxylation is 2. The second kappa shape index (κ2) is 5.51. The Balaban J connectivity index is 2.32. The van der Waals surface area contributed by atoms with Crippen LogP contribution in [0.5, 0.6) is 0 Å². The highest BCUT2D eigenvalue weighted by molar-refractivity contribution is 7.12. The molecule has 0 radical (unpaired) electrons. The van der Waals surface area contributed by atoms with E-state index in [1.165, 1.54) is 34.7 Å². The largest absolute Gasteiger partial charge is 0.330 e. The number of piperidine rings is 1. The molecule has 1 aliphatic rings. The van der Waals surface area contributed by atoms with Gasteiger partial charge in [0.15, 0.2) is 0 Å². The van der Waals surface area contributed by atoms with Crippen molar-refractivity contribution in [2.45, 2.75) is 39.7 Å². The lowest BCUT2D eigenvalue weighted by Crippen LogP contribution is -2.41. The van der Waals surface area contributed by atoms with E-state index in [0.29, 0.717) is 12.0 Å². The van der Waals surface area contributed by atoms with Crippen molar-refractivity contribution in [1.29, 1.82) is 0 Å².